The zero-order valence-corrected chi connectivity index (χ0v) is 9.34. The first-order valence-corrected chi connectivity index (χ1v) is 5.31. The summed E-state index contributed by atoms with van der Waals surface area (Å²) in [6.07, 6.45) is 3.52. The van der Waals surface area contributed by atoms with Crippen LogP contribution in [0.25, 0.3) is 22.0 Å². The van der Waals surface area contributed by atoms with Crippen LogP contribution in [0.3, 0.4) is 0 Å². The molecule has 1 N–H and O–H groups in total. The van der Waals surface area contributed by atoms with Gasteiger partial charge in [-0.3, -0.25) is 5.10 Å². The van der Waals surface area contributed by atoms with Gasteiger partial charge in [0.25, 0.3) is 0 Å². The molecule has 4 heteroatoms. The van der Waals surface area contributed by atoms with Gasteiger partial charge in [0.05, 0.1) is 18.8 Å². The number of ether oxygens (including phenoxy) is 1. The van der Waals surface area contributed by atoms with Gasteiger partial charge in [0.1, 0.15) is 0 Å². The highest BCUT2D eigenvalue weighted by molar-refractivity contribution is 5.84. The molecule has 0 aliphatic rings. The first kappa shape index (κ1) is 9.84. The van der Waals surface area contributed by atoms with Crippen LogP contribution in [0.5, 0.6) is 5.88 Å². The van der Waals surface area contributed by atoms with E-state index in [-0.39, 0.29) is 0 Å². The minimum absolute atomic E-state index is 0.631. The van der Waals surface area contributed by atoms with Gasteiger partial charge < -0.3 is 4.74 Å². The number of H-pyrrole nitrogens is 1. The van der Waals surface area contributed by atoms with Crippen LogP contribution in [-0.4, -0.2) is 22.3 Å². The Bertz CT molecular complexity index is 660. The average Bonchev–Trinajstić information content (AvgIpc) is 2.85. The van der Waals surface area contributed by atoms with Crippen LogP contribution in [0.15, 0.2) is 42.7 Å². The molecule has 3 aromatic rings. The van der Waals surface area contributed by atoms with E-state index in [0.29, 0.717) is 5.88 Å². The van der Waals surface area contributed by atoms with Crippen molar-refractivity contribution >= 4 is 10.9 Å². The number of hydrogen-bond donors (Lipinski definition) is 1. The molecule has 17 heavy (non-hydrogen) atoms. The summed E-state index contributed by atoms with van der Waals surface area (Å²) in [5.74, 6) is 0.631. The van der Waals surface area contributed by atoms with E-state index in [4.69, 9.17) is 4.74 Å². The normalized spacial score (nSPS) is 10.6. The Morgan fingerprint density at radius 3 is 3.06 bits per heavy atom. The number of fused-ring (bicyclic) bond motifs is 1. The van der Waals surface area contributed by atoms with Gasteiger partial charge in [-0.15, -0.1) is 0 Å². The monoisotopic (exact) mass is 225 g/mol. The molecule has 0 saturated carbocycles. The lowest BCUT2D eigenvalue weighted by atomic mass is 10.1. The number of aromatic amines is 1. The Morgan fingerprint density at radius 1 is 1.24 bits per heavy atom. The number of pyridine rings is 1. The highest BCUT2D eigenvalue weighted by Gasteiger charge is 2.07. The van der Waals surface area contributed by atoms with Gasteiger partial charge in [0.2, 0.25) is 5.88 Å². The molecule has 1 aromatic carbocycles. The minimum Gasteiger partial charge on any atom is -0.481 e. The van der Waals surface area contributed by atoms with Gasteiger partial charge in [-0.05, 0) is 23.8 Å². The maximum Gasteiger partial charge on any atom is 0.221 e. The van der Waals surface area contributed by atoms with Crippen molar-refractivity contribution in [3.63, 3.8) is 0 Å². The van der Waals surface area contributed by atoms with Crippen LogP contribution in [-0.2, 0) is 0 Å². The van der Waals surface area contributed by atoms with E-state index in [9.17, 15) is 0 Å². The number of nitrogens with one attached hydrogen (secondary N) is 1. The van der Waals surface area contributed by atoms with E-state index in [1.54, 1.807) is 19.5 Å². The molecule has 0 bridgehead atoms. The highest BCUT2D eigenvalue weighted by atomic mass is 16.5. The number of benzene rings is 1. The predicted molar refractivity (Wildman–Crippen MR) is 65.9 cm³/mol. The Hall–Kier alpha value is -2.36. The predicted octanol–water partition coefficient (Wildman–Crippen LogP) is 2.63. The van der Waals surface area contributed by atoms with Crippen molar-refractivity contribution in [1.82, 2.24) is 15.2 Å². The van der Waals surface area contributed by atoms with Crippen molar-refractivity contribution < 1.29 is 4.74 Å². The van der Waals surface area contributed by atoms with Crippen LogP contribution in [0.1, 0.15) is 0 Å². The van der Waals surface area contributed by atoms with E-state index < -0.39 is 0 Å². The van der Waals surface area contributed by atoms with Crippen molar-refractivity contribution in [1.29, 1.82) is 0 Å². The average molecular weight is 225 g/mol. The van der Waals surface area contributed by atoms with E-state index >= 15 is 0 Å². The quantitative estimate of drug-likeness (QED) is 0.729. The van der Waals surface area contributed by atoms with Crippen LogP contribution in [0.2, 0.25) is 0 Å². The number of rotatable bonds is 2. The molecule has 2 aromatic heterocycles. The molecule has 2 heterocycles. The molecular formula is C13H11N3O. The Labute approximate surface area is 98.3 Å². The van der Waals surface area contributed by atoms with Crippen molar-refractivity contribution in [2.45, 2.75) is 0 Å². The third-order valence-corrected chi connectivity index (χ3v) is 2.72. The third-order valence-electron chi connectivity index (χ3n) is 2.72. The summed E-state index contributed by atoms with van der Waals surface area (Å²) in [6, 6.07) is 10.00. The standard InChI is InChI=1S/C13H11N3O/c1-17-13-11(3-2-6-14-13)9-4-5-10-8-15-16-12(10)7-9/h2-8H,1H3,(H,15,16). The first-order chi connectivity index (χ1) is 8.38. The molecule has 0 spiro atoms. The molecule has 0 atom stereocenters. The summed E-state index contributed by atoms with van der Waals surface area (Å²) in [6.45, 7) is 0. The topological polar surface area (TPSA) is 50.8 Å². The highest BCUT2D eigenvalue weighted by Crippen LogP contribution is 2.29. The summed E-state index contributed by atoms with van der Waals surface area (Å²) >= 11 is 0. The van der Waals surface area contributed by atoms with Crippen LogP contribution in [0, 0.1) is 0 Å². The molecule has 3 rings (SSSR count). The smallest absolute Gasteiger partial charge is 0.221 e. The second-order valence-electron chi connectivity index (χ2n) is 3.73. The molecule has 0 fully saturated rings. The van der Waals surface area contributed by atoms with E-state index in [2.05, 4.69) is 15.2 Å². The van der Waals surface area contributed by atoms with Gasteiger partial charge >= 0.3 is 0 Å². The SMILES string of the molecule is COc1ncccc1-c1ccc2cn[nH]c2c1. The van der Waals surface area contributed by atoms with E-state index in [1.165, 1.54) is 0 Å². The Balaban J connectivity index is 2.19. The molecular weight excluding hydrogens is 214 g/mol. The van der Waals surface area contributed by atoms with Crippen molar-refractivity contribution in [3.8, 4) is 17.0 Å². The largest absolute Gasteiger partial charge is 0.481 e. The number of hydrogen-bond acceptors (Lipinski definition) is 3. The van der Waals surface area contributed by atoms with Crippen molar-refractivity contribution in [3.05, 3.63) is 42.7 Å². The fourth-order valence-corrected chi connectivity index (χ4v) is 1.88. The maximum absolute atomic E-state index is 5.26. The van der Waals surface area contributed by atoms with Crippen LogP contribution < -0.4 is 4.74 Å². The van der Waals surface area contributed by atoms with Crippen molar-refractivity contribution in [2.24, 2.45) is 0 Å². The number of nitrogens with zero attached hydrogens (tertiary/aromatic N) is 2. The fourth-order valence-electron chi connectivity index (χ4n) is 1.88. The summed E-state index contributed by atoms with van der Waals surface area (Å²) in [5, 5.41) is 8.06. The van der Waals surface area contributed by atoms with E-state index in [1.807, 2.05) is 30.3 Å². The lowest BCUT2D eigenvalue weighted by molar-refractivity contribution is 0.399. The molecule has 0 saturated heterocycles. The van der Waals surface area contributed by atoms with Crippen molar-refractivity contribution in [2.75, 3.05) is 7.11 Å². The Morgan fingerprint density at radius 2 is 2.18 bits per heavy atom. The maximum atomic E-state index is 5.26. The third kappa shape index (κ3) is 1.63. The second-order valence-corrected chi connectivity index (χ2v) is 3.73. The number of aromatic nitrogens is 3. The molecule has 84 valence electrons. The van der Waals surface area contributed by atoms with Gasteiger partial charge in [-0.2, -0.15) is 5.10 Å². The molecule has 0 amide bonds. The molecule has 4 nitrogen and oxygen atoms in total. The summed E-state index contributed by atoms with van der Waals surface area (Å²) < 4.78 is 5.26. The summed E-state index contributed by atoms with van der Waals surface area (Å²) in [7, 11) is 1.63. The fraction of sp³-hybridized carbons (Fsp3) is 0.0769. The van der Waals surface area contributed by atoms with Crippen LogP contribution in [0.4, 0.5) is 0 Å². The zero-order valence-electron chi connectivity index (χ0n) is 9.34. The number of methoxy groups -OCH3 is 1. The van der Waals surface area contributed by atoms with Gasteiger partial charge in [-0.25, -0.2) is 4.98 Å². The summed E-state index contributed by atoms with van der Waals surface area (Å²) in [4.78, 5) is 4.19. The minimum atomic E-state index is 0.631. The first-order valence-electron chi connectivity index (χ1n) is 5.31. The van der Waals surface area contributed by atoms with Crippen LogP contribution >= 0.6 is 0 Å². The molecule has 0 radical (unpaired) electrons. The van der Waals surface area contributed by atoms with Gasteiger partial charge in [0, 0.05) is 17.1 Å². The molecule has 0 unspecified atom stereocenters. The van der Waals surface area contributed by atoms with Gasteiger partial charge in [0.15, 0.2) is 0 Å². The van der Waals surface area contributed by atoms with E-state index in [0.717, 1.165) is 22.0 Å². The van der Waals surface area contributed by atoms with Gasteiger partial charge in [-0.1, -0.05) is 12.1 Å². The molecule has 0 aliphatic heterocycles. The summed E-state index contributed by atoms with van der Waals surface area (Å²) in [5.41, 5.74) is 3.05. The Kier molecular flexibility index (Phi) is 2.26. The lowest BCUT2D eigenvalue weighted by Crippen LogP contribution is -1.90. The second kappa shape index (κ2) is 3.90. The molecule has 0 aliphatic carbocycles. The zero-order chi connectivity index (χ0) is 11.7. The lowest BCUT2D eigenvalue weighted by Gasteiger charge is -2.06.